The maximum Gasteiger partial charge on any atom is 0.417 e. The molecule has 3 nitrogen and oxygen atoms in total. The minimum atomic E-state index is -4.77. The molecule has 2 fully saturated rings. The van der Waals surface area contributed by atoms with Crippen molar-refractivity contribution in [1.29, 1.82) is 0 Å². The molecular formula is C16H16F4O3S. The standard InChI is InChI=1S/C16H16F4O3S/c17-10-4-5-14(16(18,19)20)13(8-10)15(21)9-6-11-2-1-3-12(7-9)24(11,22)23/h4-5,8-9,11-12H,1-3,6-7H2. The molecule has 0 aromatic heterocycles. The van der Waals surface area contributed by atoms with Gasteiger partial charge >= 0.3 is 6.18 Å². The van der Waals surface area contributed by atoms with Gasteiger partial charge in [0.25, 0.3) is 0 Å². The van der Waals surface area contributed by atoms with Crippen molar-refractivity contribution in [1.82, 2.24) is 0 Å². The number of hydrogen-bond donors (Lipinski definition) is 0. The Morgan fingerprint density at radius 2 is 1.67 bits per heavy atom. The second-order valence-electron chi connectivity index (χ2n) is 6.48. The van der Waals surface area contributed by atoms with Gasteiger partial charge < -0.3 is 0 Å². The molecule has 24 heavy (non-hydrogen) atoms. The van der Waals surface area contributed by atoms with E-state index in [4.69, 9.17) is 0 Å². The fraction of sp³-hybridized carbons (Fsp3) is 0.562. The van der Waals surface area contributed by atoms with Crippen molar-refractivity contribution < 1.29 is 30.8 Å². The Morgan fingerprint density at radius 1 is 1.08 bits per heavy atom. The van der Waals surface area contributed by atoms with Crippen LogP contribution in [-0.2, 0) is 16.0 Å². The first-order valence-electron chi connectivity index (χ1n) is 7.74. The van der Waals surface area contributed by atoms with E-state index in [-0.39, 0.29) is 12.8 Å². The molecular weight excluding hydrogens is 348 g/mol. The third-order valence-corrected chi connectivity index (χ3v) is 7.71. The molecule has 0 radical (unpaired) electrons. The summed E-state index contributed by atoms with van der Waals surface area (Å²) in [5.74, 6) is -2.55. The van der Waals surface area contributed by atoms with E-state index < -0.39 is 55.2 Å². The van der Waals surface area contributed by atoms with E-state index >= 15 is 0 Å². The van der Waals surface area contributed by atoms with Crippen LogP contribution in [0.5, 0.6) is 0 Å². The van der Waals surface area contributed by atoms with E-state index in [9.17, 15) is 30.8 Å². The van der Waals surface area contributed by atoms with Gasteiger partial charge in [-0.2, -0.15) is 13.2 Å². The van der Waals surface area contributed by atoms with Crippen molar-refractivity contribution in [3.8, 4) is 0 Å². The number of carbonyl (C=O) groups is 1. The number of hydrogen-bond acceptors (Lipinski definition) is 3. The predicted octanol–water partition coefficient (Wildman–Crippen LogP) is 3.77. The van der Waals surface area contributed by atoms with Crippen LogP contribution in [-0.4, -0.2) is 24.7 Å². The number of rotatable bonds is 2. The Labute approximate surface area is 137 Å². The summed E-state index contributed by atoms with van der Waals surface area (Å²) in [7, 11) is -3.31. The number of carbonyl (C=O) groups excluding carboxylic acids is 1. The van der Waals surface area contributed by atoms with Crippen molar-refractivity contribution in [3.63, 3.8) is 0 Å². The number of halogens is 4. The molecule has 2 unspecified atom stereocenters. The second kappa shape index (κ2) is 5.82. The lowest BCUT2D eigenvalue weighted by molar-refractivity contribution is -0.138. The van der Waals surface area contributed by atoms with Crippen molar-refractivity contribution in [2.45, 2.75) is 48.8 Å². The van der Waals surface area contributed by atoms with Gasteiger partial charge in [0.1, 0.15) is 5.82 Å². The van der Waals surface area contributed by atoms with Crippen LogP contribution in [0.1, 0.15) is 48.0 Å². The number of sulfone groups is 1. The Kier molecular flexibility index (Phi) is 4.22. The maximum absolute atomic E-state index is 13.4. The molecule has 0 saturated carbocycles. The minimum absolute atomic E-state index is 0.0193. The number of benzene rings is 1. The molecule has 0 aliphatic carbocycles. The van der Waals surface area contributed by atoms with Crippen LogP contribution < -0.4 is 0 Å². The van der Waals surface area contributed by atoms with E-state index in [2.05, 4.69) is 0 Å². The molecule has 2 aliphatic rings. The van der Waals surface area contributed by atoms with E-state index in [0.717, 1.165) is 6.42 Å². The summed E-state index contributed by atoms with van der Waals surface area (Å²) >= 11 is 0. The van der Waals surface area contributed by atoms with E-state index in [1.54, 1.807) is 0 Å². The van der Waals surface area contributed by atoms with Gasteiger partial charge in [-0.25, -0.2) is 12.8 Å². The first kappa shape index (κ1) is 17.4. The lowest BCUT2D eigenvalue weighted by atomic mass is 9.83. The van der Waals surface area contributed by atoms with Crippen LogP contribution in [0.2, 0.25) is 0 Å². The monoisotopic (exact) mass is 364 g/mol. The average Bonchev–Trinajstić information content (AvgIpc) is 2.44. The molecule has 0 spiro atoms. The smallest absolute Gasteiger partial charge is 0.294 e. The predicted molar refractivity (Wildman–Crippen MR) is 78.8 cm³/mol. The summed E-state index contributed by atoms with van der Waals surface area (Å²) in [6.45, 7) is 0. The van der Waals surface area contributed by atoms with Crippen molar-refractivity contribution in [3.05, 3.63) is 35.1 Å². The van der Waals surface area contributed by atoms with Crippen LogP contribution in [0.15, 0.2) is 18.2 Å². The fourth-order valence-electron chi connectivity index (χ4n) is 3.81. The number of fused-ring (bicyclic) bond motifs is 2. The molecule has 0 N–H and O–H groups in total. The third kappa shape index (κ3) is 2.96. The number of Topliss-reactive ketones (excluding diaryl/α,β-unsaturated/α-hetero) is 1. The normalized spacial score (nSPS) is 29.2. The van der Waals surface area contributed by atoms with Gasteiger partial charge in [-0.3, -0.25) is 4.79 Å². The Morgan fingerprint density at radius 3 is 2.21 bits per heavy atom. The molecule has 2 aliphatic heterocycles. The van der Waals surface area contributed by atoms with Gasteiger partial charge in [0, 0.05) is 11.5 Å². The summed E-state index contributed by atoms with van der Waals surface area (Å²) in [6, 6.07) is 1.83. The SMILES string of the molecule is O=C(c1cc(F)ccc1C(F)(F)F)C1CC2CCCC(C1)S2(=O)=O. The zero-order valence-electron chi connectivity index (χ0n) is 12.6. The van der Waals surface area contributed by atoms with Gasteiger partial charge in [0.2, 0.25) is 0 Å². The molecule has 2 bridgehead atoms. The van der Waals surface area contributed by atoms with Crippen LogP contribution in [0.3, 0.4) is 0 Å². The van der Waals surface area contributed by atoms with Gasteiger partial charge in [-0.05, 0) is 43.9 Å². The van der Waals surface area contributed by atoms with E-state index in [1.807, 2.05) is 0 Å². The van der Waals surface area contributed by atoms with Gasteiger partial charge in [-0.15, -0.1) is 0 Å². The van der Waals surface area contributed by atoms with E-state index in [1.165, 1.54) is 0 Å². The topological polar surface area (TPSA) is 51.2 Å². The highest BCUT2D eigenvalue weighted by molar-refractivity contribution is 7.92. The first-order valence-corrected chi connectivity index (χ1v) is 9.35. The fourth-order valence-corrected chi connectivity index (χ4v) is 6.35. The minimum Gasteiger partial charge on any atom is -0.294 e. The second-order valence-corrected chi connectivity index (χ2v) is 9.00. The summed E-state index contributed by atoms with van der Waals surface area (Å²) in [5.41, 5.74) is -1.88. The lowest BCUT2D eigenvalue weighted by Gasteiger charge is -2.38. The van der Waals surface area contributed by atoms with Gasteiger partial charge in [-0.1, -0.05) is 6.42 Å². The van der Waals surface area contributed by atoms with Gasteiger partial charge in [0.05, 0.1) is 16.1 Å². The zero-order chi connectivity index (χ0) is 17.7. The summed E-state index contributed by atoms with van der Waals surface area (Å²) in [6.07, 6.45) is -3.13. The Balaban J connectivity index is 1.95. The number of alkyl halides is 3. The van der Waals surface area contributed by atoms with Crippen LogP contribution in [0, 0.1) is 11.7 Å². The van der Waals surface area contributed by atoms with Crippen molar-refractivity contribution in [2.24, 2.45) is 5.92 Å². The third-order valence-electron chi connectivity index (χ3n) is 5.00. The number of ketones is 1. The highest BCUT2D eigenvalue weighted by Crippen LogP contribution is 2.42. The summed E-state index contributed by atoms with van der Waals surface area (Å²) < 4.78 is 77.1. The van der Waals surface area contributed by atoms with Gasteiger partial charge in [0.15, 0.2) is 15.6 Å². The molecule has 1 aromatic rings. The van der Waals surface area contributed by atoms with Crippen LogP contribution in [0.25, 0.3) is 0 Å². The van der Waals surface area contributed by atoms with Crippen LogP contribution >= 0.6 is 0 Å². The molecule has 132 valence electrons. The maximum atomic E-state index is 13.4. The van der Waals surface area contributed by atoms with Crippen molar-refractivity contribution in [2.75, 3.05) is 0 Å². The highest BCUT2D eigenvalue weighted by atomic mass is 32.2. The summed E-state index contributed by atoms with van der Waals surface area (Å²) in [5, 5.41) is -1.36. The van der Waals surface area contributed by atoms with Crippen molar-refractivity contribution >= 4 is 15.6 Å². The molecule has 2 atom stereocenters. The molecule has 8 heteroatoms. The molecule has 0 amide bonds. The molecule has 2 heterocycles. The Hall–Kier alpha value is -1.44. The molecule has 2 saturated heterocycles. The highest BCUT2D eigenvalue weighted by Gasteiger charge is 2.47. The van der Waals surface area contributed by atoms with E-state index in [0.29, 0.717) is 31.0 Å². The summed E-state index contributed by atoms with van der Waals surface area (Å²) in [4.78, 5) is 12.6. The molecule has 3 rings (SSSR count). The Bertz CT molecular complexity index is 750. The zero-order valence-corrected chi connectivity index (χ0v) is 13.5. The lowest BCUT2D eigenvalue weighted by Crippen LogP contribution is -2.45. The largest absolute Gasteiger partial charge is 0.417 e. The average molecular weight is 364 g/mol. The van der Waals surface area contributed by atoms with Crippen LogP contribution in [0.4, 0.5) is 17.6 Å². The first-order chi connectivity index (χ1) is 11.1. The molecule has 1 aromatic carbocycles. The quantitative estimate of drug-likeness (QED) is 0.593.